The van der Waals surface area contributed by atoms with Crippen LogP contribution in [0.4, 0.5) is 0 Å². The molecule has 0 saturated heterocycles. The van der Waals surface area contributed by atoms with Crippen LogP contribution in [0, 0.1) is 0 Å². The maximum absolute atomic E-state index is 5.12. The van der Waals surface area contributed by atoms with Gasteiger partial charge in [0.25, 0.3) is 0 Å². The second-order valence-corrected chi connectivity index (χ2v) is 11.6. The van der Waals surface area contributed by atoms with Crippen LogP contribution in [-0.4, -0.2) is 14.1 Å². The van der Waals surface area contributed by atoms with Crippen molar-refractivity contribution >= 4 is 65.2 Å². The largest absolute Gasteiger partial charge is 0.309 e. The van der Waals surface area contributed by atoms with E-state index in [0.29, 0.717) is 0 Å². The van der Waals surface area contributed by atoms with Crippen molar-refractivity contribution in [1.29, 1.82) is 0 Å². The fourth-order valence-electron chi connectivity index (χ4n) is 7.41. The van der Waals surface area contributed by atoms with Crippen LogP contribution in [0.1, 0.15) is 0 Å². The number of fused-ring (bicyclic) bond motifs is 12. The Hall–Kier alpha value is -5.93. The van der Waals surface area contributed by atoms with Crippen LogP contribution in [0.25, 0.3) is 87.9 Å². The molecule has 3 heteroatoms. The molecule has 0 bridgehead atoms. The van der Waals surface area contributed by atoms with Gasteiger partial charge in [-0.25, -0.2) is 4.98 Å². The number of hydrogen-bond donors (Lipinski definition) is 0. The van der Waals surface area contributed by atoms with Crippen molar-refractivity contribution in [2.24, 2.45) is 0 Å². The summed E-state index contributed by atoms with van der Waals surface area (Å²) in [5, 5.41) is 10.0. The molecular formula is C41H25N3. The molecule has 44 heavy (non-hydrogen) atoms. The number of rotatable bonds is 2. The van der Waals surface area contributed by atoms with Crippen LogP contribution in [0.5, 0.6) is 0 Å². The normalized spacial score (nSPS) is 12.1. The molecule has 3 heterocycles. The number of aromatic nitrogens is 3. The third-order valence-electron chi connectivity index (χ3n) is 9.24. The molecular weight excluding hydrogens is 534 g/mol. The van der Waals surface area contributed by atoms with Gasteiger partial charge in [-0.15, -0.1) is 0 Å². The summed E-state index contributed by atoms with van der Waals surface area (Å²) >= 11 is 0. The molecule has 0 amide bonds. The van der Waals surface area contributed by atoms with Crippen LogP contribution in [0.2, 0.25) is 0 Å². The third kappa shape index (κ3) is 3.13. The second kappa shape index (κ2) is 8.79. The van der Waals surface area contributed by atoms with Crippen molar-refractivity contribution in [1.82, 2.24) is 14.1 Å². The highest BCUT2D eigenvalue weighted by atomic mass is 15.1. The Morgan fingerprint density at radius 3 is 1.86 bits per heavy atom. The molecule has 7 aromatic carbocycles. The van der Waals surface area contributed by atoms with Gasteiger partial charge in [0.15, 0.2) is 0 Å². The molecule has 204 valence electrons. The molecule has 0 spiro atoms. The molecule has 0 atom stereocenters. The van der Waals surface area contributed by atoms with Crippen LogP contribution in [-0.2, 0) is 0 Å². The zero-order valence-corrected chi connectivity index (χ0v) is 23.8. The Balaban J connectivity index is 1.37. The molecule has 0 unspecified atom stereocenters. The minimum absolute atomic E-state index is 0.979. The minimum Gasteiger partial charge on any atom is -0.309 e. The maximum Gasteiger partial charge on any atom is 0.146 e. The van der Waals surface area contributed by atoms with Gasteiger partial charge in [-0.2, -0.15) is 0 Å². The molecule has 0 N–H and O–H groups in total. The van der Waals surface area contributed by atoms with Crippen molar-refractivity contribution in [3.05, 3.63) is 152 Å². The Labute approximate surface area is 253 Å². The van der Waals surface area contributed by atoms with E-state index in [4.69, 9.17) is 4.98 Å². The van der Waals surface area contributed by atoms with Gasteiger partial charge >= 0.3 is 0 Å². The first kappa shape index (κ1) is 23.6. The van der Waals surface area contributed by atoms with E-state index >= 15 is 0 Å². The number of benzene rings is 7. The van der Waals surface area contributed by atoms with E-state index in [9.17, 15) is 0 Å². The number of nitrogens with zero attached hydrogens (tertiary/aromatic N) is 3. The molecule has 0 fully saturated rings. The maximum atomic E-state index is 5.12. The van der Waals surface area contributed by atoms with Gasteiger partial charge in [-0.1, -0.05) is 103 Å². The smallest absolute Gasteiger partial charge is 0.146 e. The summed E-state index contributed by atoms with van der Waals surface area (Å²) in [6.45, 7) is 0. The zero-order valence-electron chi connectivity index (χ0n) is 23.8. The molecule has 2 aliphatic rings. The SMILES string of the molecule is c1ccc(-n2c3nc4ccccc4c-3cc3cc(-n4c5ccccc5c5c6ccccc6c6ccccc6c54)ccc32)cc1. The second-order valence-electron chi connectivity index (χ2n) is 11.6. The van der Waals surface area contributed by atoms with Crippen molar-refractivity contribution in [2.45, 2.75) is 0 Å². The average Bonchev–Trinajstić information content (AvgIpc) is 3.64. The summed E-state index contributed by atoms with van der Waals surface area (Å²) in [7, 11) is 0. The predicted octanol–water partition coefficient (Wildman–Crippen LogP) is 10.7. The molecule has 0 radical (unpaired) electrons. The zero-order chi connectivity index (χ0) is 28.8. The summed E-state index contributed by atoms with van der Waals surface area (Å²) in [5.74, 6) is 0.979. The van der Waals surface area contributed by atoms with Crippen molar-refractivity contribution in [3.8, 4) is 22.8 Å². The van der Waals surface area contributed by atoms with Crippen molar-refractivity contribution in [2.75, 3.05) is 0 Å². The standard InChI is InChI=1S/C41H25N3/c1-2-12-27(13-3-1)44-37-23-22-28(24-26(37)25-35-31-16-8-10-20-36(31)42-41(35)44)43-38-21-11-9-19-34(38)39-32-17-6-4-14-29(32)30-15-5-7-18-33(30)40(39)43/h1-25H. The van der Waals surface area contributed by atoms with Gasteiger partial charge in [0, 0.05) is 43.9 Å². The fourth-order valence-corrected chi connectivity index (χ4v) is 7.41. The Kier molecular flexibility index (Phi) is 4.72. The molecule has 0 saturated carbocycles. The van der Waals surface area contributed by atoms with Crippen LogP contribution >= 0.6 is 0 Å². The van der Waals surface area contributed by atoms with Gasteiger partial charge in [-0.3, -0.25) is 4.57 Å². The van der Waals surface area contributed by atoms with E-state index in [1.165, 1.54) is 54.1 Å². The van der Waals surface area contributed by atoms with E-state index in [2.05, 4.69) is 161 Å². The summed E-state index contributed by atoms with van der Waals surface area (Å²) in [5.41, 5.74) is 8.01. The summed E-state index contributed by atoms with van der Waals surface area (Å²) < 4.78 is 4.78. The number of pyridine rings is 1. The van der Waals surface area contributed by atoms with Crippen LogP contribution in [0.3, 0.4) is 0 Å². The van der Waals surface area contributed by atoms with E-state index in [0.717, 1.165) is 33.8 Å². The first-order valence-corrected chi connectivity index (χ1v) is 15.1. The monoisotopic (exact) mass is 559 g/mol. The molecule has 2 aliphatic heterocycles. The van der Waals surface area contributed by atoms with E-state index < -0.39 is 0 Å². The van der Waals surface area contributed by atoms with Crippen molar-refractivity contribution in [3.63, 3.8) is 0 Å². The Bertz CT molecular complexity index is 2710. The highest BCUT2D eigenvalue weighted by Crippen LogP contribution is 2.43. The average molecular weight is 560 g/mol. The summed E-state index contributed by atoms with van der Waals surface area (Å²) in [6, 6.07) is 54.7. The lowest BCUT2D eigenvalue weighted by Crippen LogP contribution is -2.04. The lowest BCUT2D eigenvalue weighted by Gasteiger charge is -2.18. The summed E-state index contributed by atoms with van der Waals surface area (Å²) in [4.78, 5) is 5.12. The van der Waals surface area contributed by atoms with E-state index in [1.807, 2.05) is 0 Å². The lowest BCUT2D eigenvalue weighted by molar-refractivity contribution is 1.07. The quantitative estimate of drug-likeness (QED) is 0.193. The number of para-hydroxylation sites is 3. The van der Waals surface area contributed by atoms with Gasteiger partial charge in [-0.05, 0) is 64.7 Å². The van der Waals surface area contributed by atoms with Crippen molar-refractivity contribution < 1.29 is 0 Å². The first-order valence-electron chi connectivity index (χ1n) is 15.1. The minimum atomic E-state index is 0.979. The third-order valence-corrected chi connectivity index (χ3v) is 9.24. The topological polar surface area (TPSA) is 22.8 Å². The summed E-state index contributed by atoms with van der Waals surface area (Å²) in [6.07, 6.45) is 0. The predicted molar refractivity (Wildman–Crippen MR) is 185 cm³/mol. The fraction of sp³-hybridized carbons (Fsp3) is 0. The van der Waals surface area contributed by atoms with Crippen LogP contribution in [0.15, 0.2) is 152 Å². The Morgan fingerprint density at radius 1 is 0.409 bits per heavy atom. The van der Waals surface area contributed by atoms with Gasteiger partial charge in [0.1, 0.15) is 5.82 Å². The van der Waals surface area contributed by atoms with E-state index in [-0.39, 0.29) is 0 Å². The Morgan fingerprint density at radius 2 is 1.05 bits per heavy atom. The van der Waals surface area contributed by atoms with Gasteiger partial charge < -0.3 is 4.57 Å². The van der Waals surface area contributed by atoms with Crippen LogP contribution < -0.4 is 0 Å². The lowest BCUT2D eigenvalue weighted by atomic mass is 9.97. The number of hydrogen-bond acceptors (Lipinski definition) is 1. The molecule has 10 rings (SSSR count). The first-order chi connectivity index (χ1) is 21.8. The molecule has 8 aromatic rings. The molecule has 3 nitrogen and oxygen atoms in total. The van der Waals surface area contributed by atoms with Gasteiger partial charge in [0.05, 0.1) is 22.1 Å². The van der Waals surface area contributed by atoms with Gasteiger partial charge in [0.2, 0.25) is 0 Å². The molecule has 1 aromatic heterocycles. The molecule has 0 aliphatic carbocycles. The van der Waals surface area contributed by atoms with E-state index in [1.54, 1.807) is 0 Å². The highest BCUT2D eigenvalue weighted by molar-refractivity contribution is 6.32. The highest BCUT2D eigenvalue weighted by Gasteiger charge is 2.21.